The van der Waals surface area contributed by atoms with Crippen LogP contribution in [0.2, 0.25) is 0 Å². The molecule has 2 rings (SSSR count). The molecule has 1 saturated heterocycles. The molecule has 1 N–H and O–H groups in total. The number of rotatable bonds is 1. The highest BCUT2D eigenvalue weighted by Gasteiger charge is 2.33. The van der Waals surface area contributed by atoms with Gasteiger partial charge in [0.1, 0.15) is 5.82 Å². The summed E-state index contributed by atoms with van der Waals surface area (Å²) < 4.78 is 13.2. The summed E-state index contributed by atoms with van der Waals surface area (Å²) in [6.07, 6.45) is 0.444. The van der Waals surface area contributed by atoms with Crippen LogP contribution in [0.15, 0.2) is 24.3 Å². The second-order valence-electron chi connectivity index (χ2n) is 4.95. The Morgan fingerprint density at radius 1 is 1.41 bits per heavy atom. The lowest BCUT2D eigenvalue weighted by molar-refractivity contribution is -0.119. The Morgan fingerprint density at radius 3 is 2.88 bits per heavy atom. The average molecular weight is 236 g/mol. The summed E-state index contributed by atoms with van der Waals surface area (Å²) in [5.41, 5.74) is 0.283. The first-order valence-electron chi connectivity index (χ1n) is 5.80. The van der Waals surface area contributed by atoms with Gasteiger partial charge in [-0.3, -0.25) is 4.79 Å². The van der Waals surface area contributed by atoms with Crippen LogP contribution in [0, 0.1) is 5.82 Å². The summed E-state index contributed by atoms with van der Waals surface area (Å²) in [6, 6.07) is 6.20. The highest BCUT2D eigenvalue weighted by molar-refractivity contribution is 5.95. The molecule has 0 bridgehead atoms. The largest absolute Gasteiger partial charge is 0.314 e. The van der Waals surface area contributed by atoms with Gasteiger partial charge in [-0.1, -0.05) is 6.07 Å². The molecule has 92 valence electrons. The Bertz CT molecular complexity index is 431. The SMILES string of the molecule is CC1(C)CNCCC(=O)N1c1cccc(F)c1. The Hall–Kier alpha value is -1.42. The van der Waals surface area contributed by atoms with Gasteiger partial charge in [-0.05, 0) is 32.0 Å². The van der Waals surface area contributed by atoms with Gasteiger partial charge in [-0.25, -0.2) is 4.39 Å². The van der Waals surface area contributed by atoms with Crippen molar-refractivity contribution in [1.82, 2.24) is 5.32 Å². The van der Waals surface area contributed by atoms with E-state index in [4.69, 9.17) is 0 Å². The van der Waals surface area contributed by atoms with E-state index in [0.717, 1.165) is 0 Å². The van der Waals surface area contributed by atoms with Crippen LogP contribution in [0.4, 0.5) is 10.1 Å². The predicted octanol–water partition coefficient (Wildman–Crippen LogP) is 1.93. The molecule has 0 spiro atoms. The zero-order valence-electron chi connectivity index (χ0n) is 10.2. The molecular weight excluding hydrogens is 219 g/mol. The summed E-state index contributed by atoms with van der Waals surface area (Å²) >= 11 is 0. The Kier molecular flexibility index (Phi) is 3.15. The summed E-state index contributed by atoms with van der Waals surface area (Å²) in [5.74, 6) is -0.283. The number of hydrogen-bond donors (Lipinski definition) is 1. The van der Waals surface area contributed by atoms with Crippen LogP contribution in [-0.2, 0) is 4.79 Å². The predicted molar refractivity (Wildman–Crippen MR) is 65.5 cm³/mol. The lowest BCUT2D eigenvalue weighted by Gasteiger charge is -2.37. The fraction of sp³-hybridized carbons (Fsp3) is 0.462. The molecule has 17 heavy (non-hydrogen) atoms. The van der Waals surface area contributed by atoms with Crippen molar-refractivity contribution < 1.29 is 9.18 Å². The molecule has 1 aliphatic heterocycles. The first-order chi connectivity index (χ1) is 8.00. The van der Waals surface area contributed by atoms with Gasteiger partial charge in [0.2, 0.25) is 5.91 Å². The fourth-order valence-electron chi connectivity index (χ4n) is 2.23. The number of nitrogens with one attached hydrogen (secondary N) is 1. The van der Waals surface area contributed by atoms with E-state index < -0.39 is 0 Å². The van der Waals surface area contributed by atoms with E-state index >= 15 is 0 Å². The second kappa shape index (κ2) is 4.45. The van der Waals surface area contributed by atoms with Gasteiger partial charge in [-0.15, -0.1) is 0 Å². The molecule has 1 aliphatic rings. The second-order valence-corrected chi connectivity index (χ2v) is 4.95. The number of carbonyl (C=O) groups excluding carboxylic acids is 1. The molecule has 1 amide bonds. The average Bonchev–Trinajstić information content (AvgIpc) is 2.36. The third-order valence-corrected chi connectivity index (χ3v) is 2.99. The molecule has 1 aromatic carbocycles. The van der Waals surface area contributed by atoms with Gasteiger partial charge in [-0.2, -0.15) is 0 Å². The summed E-state index contributed by atoms with van der Waals surface area (Å²) in [4.78, 5) is 13.8. The molecule has 1 heterocycles. The molecule has 1 fully saturated rings. The molecule has 0 unspecified atom stereocenters. The van der Waals surface area contributed by atoms with Crippen molar-refractivity contribution in [3.8, 4) is 0 Å². The maximum atomic E-state index is 13.2. The molecular formula is C13H17FN2O. The topological polar surface area (TPSA) is 32.3 Å². The van der Waals surface area contributed by atoms with Gasteiger partial charge in [0.25, 0.3) is 0 Å². The Morgan fingerprint density at radius 2 is 2.18 bits per heavy atom. The molecule has 4 heteroatoms. The van der Waals surface area contributed by atoms with Crippen LogP contribution in [0.3, 0.4) is 0 Å². The van der Waals surface area contributed by atoms with Crippen LogP contribution >= 0.6 is 0 Å². The molecule has 0 atom stereocenters. The minimum Gasteiger partial charge on any atom is -0.314 e. The minimum atomic E-state index is -0.346. The standard InChI is InChI=1S/C13H17FN2O/c1-13(2)9-15-7-6-12(17)16(13)11-5-3-4-10(14)8-11/h3-5,8,15H,6-7,9H2,1-2H3. The van der Waals surface area contributed by atoms with Gasteiger partial charge in [0, 0.05) is 25.2 Å². The van der Waals surface area contributed by atoms with Gasteiger partial charge in [0.15, 0.2) is 0 Å². The van der Waals surface area contributed by atoms with Crippen molar-refractivity contribution in [2.75, 3.05) is 18.0 Å². The van der Waals surface area contributed by atoms with Crippen molar-refractivity contribution in [2.45, 2.75) is 25.8 Å². The van der Waals surface area contributed by atoms with Gasteiger partial charge < -0.3 is 10.2 Å². The molecule has 0 radical (unpaired) electrons. The monoisotopic (exact) mass is 236 g/mol. The maximum Gasteiger partial charge on any atom is 0.228 e. The highest BCUT2D eigenvalue weighted by Crippen LogP contribution is 2.26. The van der Waals surface area contributed by atoms with Crippen molar-refractivity contribution >= 4 is 11.6 Å². The number of benzene rings is 1. The minimum absolute atomic E-state index is 0.0330. The zero-order chi connectivity index (χ0) is 12.5. The Balaban J connectivity index is 2.41. The van der Waals surface area contributed by atoms with Crippen molar-refractivity contribution in [3.63, 3.8) is 0 Å². The van der Waals surface area contributed by atoms with E-state index in [9.17, 15) is 9.18 Å². The number of nitrogens with zero attached hydrogens (tertiary/aromatic N) is 1. The molecule has 1 aromatic rings. The first kappa shape index (κ1) is 12.0. The number of amides is 1. The van der Waals surface area contributed by atoms with Crippen LogP contribution in [-0.4, -0.2) is 24.5 Å². The number of anilines is 1. The molecule has 0 aromatic heterocycles. The summed E-state index contributed by atoms with van der Waals surface area (Å²) in [7, 11) is 0. The summed E-state index contributed by atoms with van der Waals surface area (Å²) in [5, 5.41) is 3.23. The van der Waals surface area contributed by atoms with Crippen LogP contribution in [0.5, 0.6) is 0 Å². The van der Waals surface area contributed by atoms with Crippen LogP contribution in [0.25, 0.3) is 0 Å². The quantitative estimate of drug-likeness (QED) is 0.808. The van der Waals surface area contributed by atoms with Crippen LogP contribution < -0.4 is 10.2 Å². The molecule has 3 nitrogen and oxygen atoms in total. The zero-order valence-corrected chi connectivity index (χ0v) is 10.2. The number of hydrogen-bond acceptors (Lipinski definition) is 2. The van der Waals surface area contributed by atoms with Gasteiger partial charge in [0.05, 0.1) is 5.54 Å². The van der Waals surface area contributed by atoms with Crippen molar-refractivity contribution in [2.24, 2.45) is 0 Å². The van der Waals surface area contributed by atoms with Crippen molar-refractivity contribution in [3.05, 3.63) is 30.1 Å². The first-order valence-corrected chi connectivity index (χ1v) is 5.80. The third kappa shape index (κ3) is 2.47. The molecule has 0 aliphatic carbocycles. The van der Waals surface area contributed by atoms with Gasteiger partial charge >= 0.3 is 0 Å². The smallest absolute Gasteiger partial charge is 0.228 e. The van der Waals surface area contributed by atoms with Crippen molar-refractivity contribution in [1.29, 1.82) is 0 Å². The Labute approximate surface area is 101 Å². The highest BCUT2D eigenvalue weighted by atomic mass is 19.1. The number of halogens is 1. The van der Waals surface area contributed by atoms with E-state index in [0.29, 0.717) is 25.2 Å². The lowest BCUT2D eigenvalue weighted by Crippen LogP contribution is -2.51. The number of carbonyl (C=O) groups is 1. The van der Waals surface area contributed by atoms with E-state index in [1.165, 1.54) is 12.1 Å². The summed E-state index contributed by atoms with van der Waals surface area (Å²) in [6.45, 7) is 5.34. The lowest BCUT2D eigenvalue weighted by atomic mass is 10.0. The maximum absolute atomic E-state index is 13.2. The van der Waals surface area contributed by atoms with E-state index in [1.54, 1.807) is 17.0 Å². The van der Waals surface area contributed by atoms with E-state index in [1.807, 2.05) is 13.8 Å². The fourth-order valence-corrected chi connectivity index (χ4v) is 2.23. The van der Waals surface area contributed by atoms with E-state index in [-0.39, 0.29) is 17.3 Å². The third-order valence-electron chi connectivity index (χ3n) is 2.99. The normalized spacial score (nSPS) is 20.2. The van der Waals surface area contributed by atoms with Crippen LogP contribution in [0.1, 0.15) is 20.3 Å². The molecule has 0 saturated carbocycles. The van der Waals surface area contributed by atoms with E-state index in [2.05, 4.69) is 5.32 Å².